The fourth-order valence-corrected chi connectivity index (χ4v) is 9.45. The number of nitrogens with zero attached hydrogens (tertiary/aromatic N) is 7. The summed E-state index contributed by atoms with van der Waals surface area (Å²) in [4.78, 5) is 19.3. The Balaban J connectivity index is 1.18. The summed E-state index contributed by atoms with van der Waals surface area (Å²) in [6, 6.07) is 74.9. The van der Waals surface area contributed by atoms with E-state index in [1.807, 2.05) is 66.7 Å². The van der Waals surface area contributed by atoms with Gasteiger partial charge in [-0.2, -0.15) is 5.26 Å². The van der Waals surface area contributed by atoms with Gasteiger partial charge in [-0.15, -0.1) is 0 Å². The minimum atomic E-state index is 0.428. The molecular weight excluding hydrogens is 807 g/mol. The predicted octanol–water partition coefficient (Wildman–Crippen LogP) is 14.8. The van der Waals surface area contributed by atoms with Crippen LogP contribution in [0.5, 0.6) is 0 Å². The van der Waals surface area contributed by atoms with Crippen molar-refractivity contribution in [1.82, 2.24) is 24.1 Å². The second-order valence-corrected chi connectivity index (χ2v) is 16.2. The van der Waals surface area contributed by atoms with Crippen molar-refractivity contribution < 1.29 is 0 Å². The number of benzene rings is 9. The molecule has 0 aliphatic rings. The molecule has 12 aromatic rings. The molecular formula is C59H35N7. The molecule has 12 rings (SSSR count). The Kier molecular flexibility index (Phi) is 9.12. The summed E-state index contributed by atoms with van der Waals surface area (Å²) in [7, 11) is 0. The molecule has 0 fully saturated rings. The standard InChI is InChI=1S/C59H35N7/c1-61-43-30-32-45(42(34-43)37-60)41-28-31-49-47-22-11-14-27-53(47)66(55(49)36-41)54-33-29-40(46-24-15-25-50-48-23-12-13-26-52(48)65(56(46)50)44-20-9-4-10-21-44)35-51(54)59-63-57(38-16-5-2-6-17-38)62-58(64-59)39-18-7-3-8-19-39/h2-36H. The second kappa shape index (κ2) is 15.7. The Labute approximate surface area is 380 Å². The minimum absolute atomic E-state index is 0.428. The zero-order valence-corrected chi connectivity index (χ0v) is 35.3. The van der Waals surface area contributed by atoms with Crippen LogP contribution < -0.4 is 0 Å². The molecule has 0 atom stereocenters. The maximum atomic E-state index is 10.3. The van der Waals surface area contributed by atoms with Crippen molar-refractivity contribution in [3.63, 3.8) is 0 Å². The summed E-state index contributed by atoms with van der Waals surface area (Å²) in [6.45, 7) is 7.58. The Morgan fingerprint density at radius 1 is 0.409 bits per heavy atom. The highest BCUT2D eigenvalue weighted by Crippen LogP contribution is 2.43. The molecule has 0 spiro atoms. The summed E-state index contributed by atoms with van der Waals surface area (Å²) in [5.41, 5.74) is 13.3. The normalized spacial score (nSPS) is 11.3. The third-order valence-corrected chi connectivity index (χ3v) is 12.4. The van der Waals surface area contributed by atoms with E-state index in [2.05, 4.69) is 154 Å². The maximum absolute atomic E-state index is 10.3. The van der Waals surface area contributed by atoms with Crippen LogP contribution in [0.3, 0.4) is 0 Å². The molecule has 0 aliphatic carbocycles. The lowest BCUT2D eigenvalue weighted by Crippen LogP contribution is -2.04. The summed E-state index contributed by atoms with van der Waals surface area (Å²) in [5.74, 6) is 1.66. The number of fused-ring (bicyclic) bond motifs is 6. The van der Waals surface area contributed by atoms with Gasteiger partial charge in [0.25, 0.3) is 0 Å². The highest BCUT2D eigenvalue weighted by atomic mass is 15.1. The van der Waals surface area contributed by atoms with Crippen molar-refractivity contribution in [2.24, 2.45) is 0 Å². The molecule has 0 N–H and O–H groups in total. The predicted molar refractivity (Wildman–Crippen MR) is 267 cm³/mol. The van der Waals surface area contributed by atoms with Gasteiger partial charge in [-0.25, -0.2) is 19.8 Å². The Hall–Kier alpha value is -9.43. The lowest BCUT2D eigenvalue weighted by molar-refractivity contribution is 1.06. The van der Waals surface area contributed by atoms with Crippen LogP contribution in [0.15, 0.2) is 212 Å². The van der Waals surface area contributed by atoms with E-state index >= 15 is 0 Å². The highest BCUT2D eigenvalue weighted by molar-refractivity contribution is 6.14. The molecule has 306 valence electrons. The summed E-state index contributed by atoms with van der Waals surface area (Å²) >= 11 is 0. The summed E-state index contributed by atoms with van der Waals surface area (Å²) in [5, 5.41) is 14.7. The molecule has 66 heavy (non-hydrogen) atoms. The maximum Gasteiger partial charge on any atom is 0.188 e. The first kappa shape index (κ1) is 38.3. The molecule has 0 radical (unpaired) electrons. The van der Waals surface area contributed by atoms with E-state index in [0.29, 0.717) is 28.7 Å². The van der Waals surface area contributed by atoms with Crippen molar-refractivity contribution in [1.29, 1.82) is 5.26 Å². The van der Waals surface area contributed by atoms with Gasteiger partial charge < -0.3 is 9.13 Å². The van der Waals surface area contributed by atoms with E-state index in [9.17, 15) is 5.26 Å². The van der Waals surface area contributed by atoms with Crippen LogP contribution in [0, 0.1) is 17.9 Å². The fraction of sp³-hybridized carbons (Fsp3) is 0. The quantitative estimate of drug-likeness (QED) is 0.150. The van der Waals surface area contributed by atoms with Gasteiger partial charge in [-0.3, -0.25) is 0 Å². The topological polar surface area (TPSA) is 76.7 Å². The first-order chi connectivity index (χ1) is 32.6. The number of hydrogen-bond donors (Lipinski definition) is 0. The molecule has 9 aromatic carbocycles. The summed E-state index contributed by atoms with van der Waals surface area (Å²) in [6.07, 6.45) is 0. The van der Waals surface area contributed by atoms with Gasteiger partial charge in [0.05, 0.1) is 40.4 Å². The third-order valence-electron chi connectivity index (χ3n) is 12.4. The van der Waals surface area contributed by atoms with E-state index in [1.165, 1.54) is 5.39 Å². The second-order valence-electron chi connectivity index (χ2n) is 16.2. The molecule has 0 saturated carbocycles. The third kappa shape index (κ3) is 6.31. The Bertz CT molecular complexity index is 3890. The van der Waals surface area contributed by atoms with E-state index in [4.69, 9.17) is 21.5 Å². The van der Waals surface area contributed by atoms with Gasteiger partial charge >= 0.3 is 0 Å². The molecule has 0 aliphatic heterocycles. The van der Waals surface area contributed by atoms with Gasteiger partial charge in [0.15, 0.2) is 23.2 Å². The Morgan fingerprint density at radius 3 is 1.65 bits per heavy atom. The largest absolute Gasteiger partial charge is 0.309 e. The van der Waals surface area contributed by atoms with Crippen LogP contribution >= 0.6 is 0 Å². The van der Waals surface area contributed by atoms with E-state index in [0.717, 1.165) is 88.5 Å². The van der Waals surface area contributed by atoms with Gasteiger partial charge in [-0.05, 0) is 65.2 Å². The molecule has 3 aromatic heterocycles. The average molecular weight is 842 g/mol. The first-order valence-electron chi connectivity index (χ1n) is 21.7. The highest BCUT2D eigenvalue weighted by Gasteiger charge is 2.23. The molecule has 3 heterocycles. The summed E-state index contributed by atoms with van der Waals surface area (Å²) < 4.78 is 4.66. The van der Waals surface area contributed by atoms with Crippen LogP contribution in [0.1, 0.15) is 5.56 Å². The smallest absolute Gasteiger partial charge is 0.188 e. The number of rotatable bonds is 7. The number of para-hydroxylation sites is 4. The number of nitriles is 1. The average Bonchev–Trinajstić information content (AvgIpc) is 3.91. The van der Waals surface area contributed by atoms with Crippen molar-refractivity contribution in [2.45, 2.75) is 0 Å². The van der Waals surface area contributed by atoms with Crippen molar-refractivity contribution in [3.05, 3.63) is 229 Å². The van der Waals surface area contributed by atoms with Crippen molar-refractivity contribution in [3.8, 4) is 73.9 Å². The van der Waals surface area contributed by atoms with Crippen LogP contribution in [-0.4, -0.2) is 24.1 Å². The van der Waals surface area contributed by atoms with Crippen LogP contribution in [0.4, 0.5) is 5.69 Å². The van der Waals surface area contributed by atoms with Crippen molar-refractivity contribution >= 4 is 49.3 Å². The van der Waals surface area contributed by atoms with Gasteiger partial charge in [0.2, 0.25) is 0 Å². The molecule has 0 saturated heterocycles. The monoisotopic (exact) mass is 841 g/mol. The zero-order chi connectivity index (χ0) is 44.1. The van der Waals surface area contributed by atoms with Gasteiger partial charge in [-0.1, -0.05) is 164 Å². The lowest BCUT2D eigenvalue weighted by Gasteiger charge is -2.17. The van der Waals surface area contributed by atoms with E-state index in [1.54, 1.807) is 12.1 Å². The molecule has 7 nitrogen and oxygen atoms in total. The fourth-order valence-electron chi connectivity index (χ4n) is 9.45. The molecule has 7 heteroatoms. The molecule has 0 unspecified atom stereocenters. The number of hydrogen-bond acceptors (Lipinski definition) is 4. The van der Waals surface area contributed by atoms with Crippen LogP contribution in [0.2, 0.25) is 0 Å². The van der Waals surface area contributed by atoms with Gasteiger partial charge in [0, 0.05) is 55.0 Å². The van der Waals surface area contributed by atoms with Crippen molar-refractivity contribution in [2.75, 3.05) is 0 Å². The molecule has 0 bridgehead atoms. The molecule has 0 amide bonds. The van der Waals surface area contributed by atoms with E-state index in [-0.39, 0.29) is 0 Å². The minimum Gasteiger partial charge on any atom is -0.309 e. The lowest BCUT2D eigenvalue weighted by atomic mass is 9.97. The van der Waals surface area contributed by atoms with E-state index < -0.39 is 0 Å². The van der Waals surface area contributed by atoms with Crippen LogP contribution in [-0.2, 0) is 0 Å². The SMILES string of the molecule is [C-]#[N+]c1ccc(-c2ccc3c4ccccc4n(-c4ccc(-c5cccc6c7ccccc7n(-c7ccccc7)c56)cc4-c4nc(-c5ccccc5)nc(-c5ccccc5)n4)c3c2)c(C#N)c1. The first-order valence-corrected chi connectivity index (χ1v) is 21.7. The number of aromatic nitrogens is 5. The van der Waals surface area contributed by atoms with Gasteiger partial charge in [0.1, 0.15) is 0 Å². The van der Waals surface area contributed by atoms with Crippen LogP contribution in [0.25, 0.3) is 116 Å². The zero-order valence-electron chi connectivity index (χ0n) is 35.3. The Morgan fingerprint density at radius 2 is 0.970 bits per heavy atom.